The van der Waals surface area contributed by atoms with Crippen molar-refractivity contribution in [3.63, 3.8) is 0 Å². The van der Waals surface area contributed by atoms with Gasteiger partial charge in [-0.05, 0) is 29.8 Å². The maximum absolute atomic E-state index is 13.9. The molecule has 19 heavy (non-hydrogen) atoms. The zero-order chi connectivity index (χ0) is 14.0. The van der Waals surface area contributed by atoms with Crippen molar-refractivity contribution in [1.82, 2.24) is 0 Å². The van der Waals surface area contributed by atoms with Gasteiger partial charge in [0, 0.05) is 21.5 Å². The summed E-state index contributed by atoms with van der Waals surface area (Å²) in [6.45, 7) is 0. The van der Waals surface area contributed by atoms with Crippen molar-refractivity contribution < 1.29 is 14.3 Å². The highest BCUT2D eigenvalue weighted by atomic mass is 79.9. The van der Waals surface area contributed by atoms with Crippen LogP contribution >= 0.6 is 27.5 Å². The first kappa shape index (κ1) is 14.0. The molecule has 5 heteroatoms. The Morgan fingerprint density at radius 2 is 1.89 bits per heavy atom. The van der Waals surface area contributed by atoms with Crippen molar-refractivity contribution in [1.29, 1.82) is 0 Å². The molecule has 2 aromatic carbocycles. The number of aromatic carboxylic acids is 1. The Morgan fingerprint density at radius 3 is 2.47 bits per heavy atom. The number of hydrogen-bond donors (Lipinski definition) is 1. The molecular weight excluding hydrogens is 335 g/mol. The first-order valence-electron chi connectivity index (χ1n) is 5.43. The predicted molar refractivity (Wildman–Crippen MR) is 75.3 cm³/mol. The third kappa shape index (κ3) is 3.33. The molecule has 0 radical (unpaired) electrons. The second-order valence-electron chi connectivity index (χ2n) is 4.02. The van der Waals surface area contributed by atoms with E-state index in [4.69, 9.17) is 16.7 Å². The van der Waals surface area contributed by atoms with Gasteiger partial charge in [0.25, 0.3) is 0 Å². The van der Waals surface area contributed by atoms with E-state index in [1.807, 2.05) is 0 Å². The quantitative estimate of drug-likeness (QED) is 0.889. The van der Waals surface area contributed by atoms with Gasteiger partial charge in [-0.3, -0.25) is 0 Å². The Morgan fingerprint density at radius 1 is 1.26 bits per heavy atom. The summed E-state index contributed by atoms with van der Waals surface area (Å²) in [6.07, 6.45) is 0.206. The molecule has 0 aliphatic heterocycles. The van der Waals surface area contributed by atoms with Gasteiger partial charge in [-0.1, -0.05) is 39.7 Å². The fraction of sp³-hybridized carbons (Fsp3) is 0.0714. The molecule has 0 unspecified atom stereocenters. The van der Waals surface area contributed by atoms with Crippen LogP contribution in [0.5, 0.6) is 0 Å². The van der Waals surface area contributed by atoms with E-state index in [9.17, 15) is 9.18 Å². The zero-order valence-corrected chi connectivity index (χ0v) is 12.0. The highest BCUT2D eigenvalue weighted by Crippen LogP contribution is 2.24. The highest BCUT2D eigenvalue weighted by molar-refractivity contribution is 9.10. The van der Waals surface area contributed by atoms with E-state index >= 15 is 0 Å². The largest absolute Gasteiger partial charge is 0.478 e. The maximum atomic E-state index is 13.9. The van der Waals surface area contributed by atoms with Crippen LogP contribution in [0.1, 0.15) is 21.5 Å². The van der Waals surface area contributed by atoms with Gasteiger partial charge >= 0.3 is 5.97 Å². The molecule has 2 nitrogen and oxygen atoms in total. The molecule has 0 saturated heterocycles. The van der Waals surface area contributed by atoms with Crippen LogP contribution < -0.4 is 0 Å². The number of carboxylic acid groups (broad SMARTS) is 1. The van der Waals surface area contributed by atoms with Gasteiger partial charge in [-0.15, -0.1) is 0 Å². The molecule has 0 aliphatic carbocycles. The number of hydrogen-bond acceptors (Lipinski definition) is 1. The minimum Gasteiger partial charge on any atom is -0.478 e. The van der Waals surface area contributed by atoms with Gasteiger partial charge in [0.1, 0.15) is 5.82 Å². The molecule has 0 heterocycles. The lowest BCUT2D eigenvalue weighted by Gasteiger charge is -2.09. The van der Waals surface area contributed by atoms with Crippen molar-refractivity contribution in [3.8, 4) is 0 Å². The molecule has 0 spiro atoms. The molecule has 2 aromatic rings. The lowest BCUT2D eigenvalue weighted by Crippen LogP contribution is -2.06. The van der Waals surface area contributed by atoms with Crippen molar-refractivity contribution in [2.45, 2.75) is 6.42 Å². The molecule has 0 fully saturated rings. The monoisotopic (exact) mass is 342 g/mol. The minimum absolute atomic E-state index is 0.0400. The summed E-state index contributed by atoms with van der Waals surface area (Å²) in [7, 11) is 0. The van der Waals surface area contributed by atoms with E-state index in [1.54, 1.807) is 24.3 Å². The summed E-state index contributed by atoms with van der Waals surface area (Å²) in [6, 6.07) is 9.53. The van der Waals surface area contributed by atoms with Crippen LogP contribution in [0.25, 0.3) is 0 Å². The Labute approximate surface area is 123 Å². The molecule has 0 atom stereocenters. The topological polar surface area (TPSA) is 37.3 Å². The third-order valence-corrected chi connectivity index (χ3v) is 3.39. The van der Waals surface area contributed by atoms with Crippen LogP contribution in [0.2, 0.25) is 5.02 Å². The predicted octanol–water partition coefficient (Wildman–Crippen LogP) is 4.53. The van der Waals surface area contributed by atoms with Crippen LogP contribution in [0.4, 0.5) is 4.39 Å². The van der Waals surface area contributed by atoms with Crippen molar-refractivity contribution >= 4 is 33.5 Å². The summed E-state index contributed by atoms with van der Waals surface area (Å²) in [4.78, 5) is 11.2. The van der Waals surface area contributed by atoms with Gasteiger partial charge in [0.15, 0.2) is 0 Å². The van der Waals surface area contributed by atoms with Gasteiger partial charge < -0.3 is 5.11 Å². The van der Waals surface area contributed by atoms with E-state index in [0.29, 0.717) is 9.50 Å². The standard InChI is InChI=1S/C14H9BrClFO2/c15-9-6-12(14(18)19)11(13(17)7-9)5-8-1-3-10(16)4-2-8/h1-4,6-7H,5H2,(H,18,19). The number of carboxylic acids is 1. The van der Waals surface area contributed by atoms with Gasteiger partial charge in [-0.2, -0.15) is 0 Å². The Hall–Kier alpha value is -1.39. The molecule has 2 rings (SSSR count). The molecule has 0 saturated carbocycles. The smallest absolute Gasteiger partial charge is 0.336 e. The van der Waals surface area contributed by atoms with Gasteiger partial charge in [-0.25, -0.2) is 9.18 Å². The van der Waals surface area contributed by atoms with Crippen LogP contribution in [0.3, 0.4) is 0 Å². The molecule has 98 valence electrons. The summed E-state index contributed by atoms with van der Waals surface area (Å²) < 4.78 is 14.3. The van der Waals surface area contributed by atoms with Gasteiger partial charge in [0.05, 0.1) is 5.56 Å². The van der Waals surface area contributed by atoms with Crippen molar-refractivity contribution in [2.24, 2.45) is 0 Å². The Kier molecular flexibility index (Phi) is 4.22. The highest BCUT2D eigenvalue weighted by Gasteiger charge is 2.16. The number of carbonyl (C=O) groups is 1. The third-order valence-electron chi connectivity index (χ3n) is 2.68. The lowest BCUT2D eigenvalue weighted by molar-refractivity contribution is 0.0695. The number of halogens is 3. The summed E-state index contributed by atoms with van der Waals surface area (Å²) in [5, 5.41) is 9.71. The summed E-state index contributed by atoms with van der Waals surface area (Å²) in [5.41, 5.74) is 0.924. The normalized spacial score (nSPS) is 10.5. The molecule has 0 aromatic heterocycles. The fourth-order valence-electron chi connectivity index (χ4n) is 1.78. The SMILES string of the molecule is O=C(O)c1cc(Br)cc(F)c1Cc1ccc(Cl)cc1. The van der Waals surface area contributed by atoms with E-state index in [0.717, 1.165) is 5.56 Å². The van der Waals surface area contributed by atoms with E-state index in [-0.39, 0.29) is 17.5 Å². The zero-order valence-electron chi connectivity index (χ0n) is 9.66. The molecule has 1 N–H and O–H groups in total. The molecule has 0 bridgehead atoms. The first-order chi connectivity index (χ1) is 8.97. The van der Waals surface area contributed by atoms with E-state index in [1.165, 1.54) is 12.1 Å². The fourth-order valence-corrected chi connectivity index (χ4v) is 2.34. The number of rotatable bonds is 3. The molecule has 0 amide bonds. The van der Waals surface area contributed by atoms with E-state index in [2.05, 4.69) is 15.9 Å². The Bertz CT molecular complexity index is 626. The first-order valence-corrected chi connectivity index (χ1v) is 6.60. The second-order valence-corrected chi connectivity index (χ2v) is 5.37. The van der Waals surface area contributed by atoms with E-state index < -0.39 is 11.8 Å². The number of benzene rings is 2. The Balaban J connectivity index is 2.44. The molecular formula is C14H9BrClFO2. The van der Waals surface area contributed by atoms with Crippen LogP contribution in [-0.4, -0.2) is 11.1 Å². The average molecular weight is 344 g/mol. The van der Waals surface area contributed by atoms with Crippen LogP contribution in [0, 0.1) is 5.82 Å². The second kappa shape index (κ2) is 5.72. The lowest BCUT2D eigenvalue weighted by atomic mass is 9.99. The maximum Gasteiger partial charge on any atom is 0.336 e. The van der Waals surface area contributed by atoms with Crippen molar-refractivity contribution in [3.05, 3.63) is 68.4 Å². The molecule has 0 aliphatic rings. The average Bonchev–Trinajstić information content (AvgIpc) is 2.34. The minimum atomic E-state index is -1.15. The summed E-state index contributed by atoms with van der Waals surface area (Å²) in [5.74, 6) is -1.69. The van der Waals surface area contributed by atoms with Crippen molar-refractivity contribution in [2.75, 3.05) is 0 Å². The van der Waals surface area contributed by atoms with Crippen LogP contribution in [-0.2, 0) is 6.42 Å². The van der Waals surface area contributed by atoms with Gasteiger partial charge in [0.2, 0.25) is 0 Å². The van der Waals surface area contributed by atoms with Crippen LogP contribution in [0.15, 0.2) is 40.9 Å². The summed E-state index contributed by atoms with van der Waals surface area (Å²) >= 11 is 8.86.